The topological polar surface area (TPSA) is 93.7 Å². The summed E-state index contributed by atoms with van der Waals surface area (Å²) in [6.45, 7) is 4.77. The first-order valence-electron chi connectivity index (χ1n) is 10.0. The van der Waals surface area contributed by atoms with Crippen molar-refractivity contribution in [3.63, 3.8) is 0 Å². The SMILES string of the molecule is COc1ccc(S(=O)(=O)N[C@H](Cc2ccccc2)C(=O)NCCCOC(C)C)cc1Cl. The standard InChI is InChI=1S/C22H29ClN2O5S/c1-16(2)30-13-7-12-24-22(26)20(14-17-8-5-4-6-9-17)25-31(27,28)18-10-11-21(29-3)19(23)15-18/h4-6,8-11,15-16,20,25H,7,12-14H2,1-3H3,(H,24,26)/t20-/m1/s1. The van der Waals surface area contributed by atoms with Gasteiger partial charge in [0.25, 0.3) is 0 Å². The van der Waals surface area contributed by atoms with Crippen LogP contribution in [0.2, 0.25) is 5.02 Å². The van der Waals surface area contributed by atoms with Gasteiger partial charge < -0.3 is 14.8 Å². The van der Waals surface area contributed by atoms with Gasteiger partial charge in [-0.25, -0.2) is 8.42 Å². The lowest BCUT2D eigenvalue weighted by atomic mass is 10.1. The van der Waals surface area contributed by atoms with E-state index in [1.165, 1.54) is 25.3 Å². The Balaban J connectivity index is 2.13. The summed E-state index contributed by atoms with van der Waals surface area (Å²) in [5, 5.41) is 2.95. The minimum atomic E-state index is -3.99. The molecule has 0 aliphatic heterocycles. The van der Waals surface area contributed by atoms with Crippen molar-refractivity contribution < 1.29 is 22.7 Å². The Bertz CT molecular complexity index is 952. The number of carbonyl (C=O) groups is 1. The molecule has 0 aromatic heterocycles. The summed E-state index contributed by atoms with van der Waals surface area (Å²) in [6.07, 6.45) is 0.950. The van der Waals surface area contributed by atoms with Crippen LogP contribution in [0.3, 0.4) is 0 Å². The maximum absolute atomic E-state index is 12.9. The fourth-order valence-corrected chi connectivity index (χ4v) is 4.38. The largest absolute Gasteiger partial charge is 0.495 e. The van der Waals surface area contributed by atoms with Crippen LogP contribution in [0.1, 0.15) is 25.8 Å². The van der Waals surface area contributed by atoms with Crippen molar-refractivity contribution in [2.45, 2.75) is 43.7 Å². The van der Waals surface area contributed by atoms with E-state index >= 15 is 0 Å². The van der Waals surface area contributed by atoms with E-state index in [2.05, 4.69) is 10.0 Å². The monoisotopic (exact) mass is 468 g/mol. The van der Waals surface area contributed by atoms with Crippen LogP contribution >= 0.6 is 11.6 Å². The van der Waals surface area contributed by atoms with Crippen molar-refractivity contribution in [3.05, 3.63) is 59.1 Å². The summed E-state index contributed by atoms with van der Waals surface area (Å²) >= 11 is 6.08. The van der Waals surface area contributed by atoms with Crippen molar-refractivity contribution >= 4 is 27.5 Å². The van der Waals surface area contributed by atoms with E-state index in [1.807, 2.05) is 44.2 Å². The van der Waals surface area contributed by atoms with E-state index in [1.54, 1.807) is 0 Å². The van der Waals surface area contributed by atoms with E-state index < -0.39 is 22.0 Å². The van der Waals surface area contributed by atoms with Gasteiger partial charge in [0.1, 0.15) is 11.8 Å². The molecule has 2 N–H and O–H groups in total. The predicted octanol–water partition coefficient (Wildman–Crippen LogP) is 3.17. The summed E-state index contributed by atoms with van der Waals surface area (Å²) in [6, 6.07) is 12.4. The Morgan fingerprint density at radius 2 is 1.84 bits per heavy atom. The highest BCUT2D eigenvalue weighted by atomic mass is 35.5. The van der Waals surface area contributed by atoms with Gasteiger partial charge in [0, 0.05) is 13.2 Å². The Kier molecular flexibility index (Phi) is 9.77. The Labute approximate surface area is 189 Å². The van der Waals surface area contributed by atoms with Crippen molar-refractivity contribution in [2.75, 3.05) is 20.3 Å². The number of rotatable bonds is 12. The van der Waals surface area contributed by atoms with Crippen LogP contribution in [0.5, 0.6) is 5.75 Å². The van der Waals surface area contributed by atoms with Gasteiger partial charge in [-0.05, 0) is 50.5 Å². The quantitative estimate of drug-likeness (QED) is 0.467. The van der Waals surface area contributed by atoms with Crippen LogP contribution in [0.25, 0.3) is 0 Å². The number of hydrogen-bond acceptors (Lipinski definition) is 5. The first-order chi connectivity index (χ1) is 14.7. The molecule has 0 heterocycles. The number of nitrogens with one attached hydrogen (secondary N) is 2. The Morgan fingerprint density at radius 3 is 2.45 bits per heavy atom. The van der Waals surface area contributed by atoms with Crippen LogP contribution in [0.4, 0.5) is 0 Å². The molecule has 2 aromatic rings. The molecule has 7 nitrogen and oxygen atoms in total. The molecule has 0 fully saturated rings. The number of sulfonamides is 1. The molecule has 0 unspecified atom stereocenters. The number of halogens is 1. The highest BCUT2D eigenvalue weighted by Gasteiger charge is 2.26. The van der Waals surface area contributed by atoms with Crippen molar-refractivity contribution in [1.29, 1.82) is 0 Å². The van der Waals surface area contributed by atoms with Gasteiger partial charge in [-0.3, -0.25) is 4.79 Å². The minimum Gasteiger partial charge on any atom is -0.495 e. The summed E-state index contributed by atoms with van der Waals surface area (Å²) < 4.78 is 38.9. The zero-order valence-corrected chi connectivity index (χ0v) is 19.5. The molecule has 0 saturated heterocycles. The van der Waals surface area contributed by atoms with Crippen LogP contribution in [0.15, 0.2) is 53.4 Å². The van der Waals surface area contributed by atoms with Gasteiger partial charge >= 0.3 is 0 Å². The van der Waals surface area contributed by atoms with Gasteiger partial charge in [-0.2, -0.15) is 4.72 Å². The minimum absolute atomic E-state index is 0.0468. The number of carbonyl (C=O) groups excluding carboxylic acids is 1. The average Bonchev–Trinajstić information content (AvgIpc) is 2.73. The molecule has 9 heteroatoms. The summed E-state index contributed by atoms with van der Waals surface area (Å²) in [7, 11) is -2.55. The fourth-order valence-electron chi connectivity index (χ4n) is 2.83. The molecule has 0 radical (unpaired) electrons. The summed E-state index contributed by atoms with van der Waals surface area (Å²) in [5.41, 5.74) is 0.834. The molecule has 170 valence electrons. The van der Waals surface area contributed by atoms with Crippen LogP contribution < -0.4 is 14.8 Å². The van der Waals surface area contributed by atoms with E-state index in [4.69, 9.17) is 21.1 Å². The second-order valence-electron chi connectivity index (χ2n) is 7.22. The second kappa shape index (κ2) is 12.0. The molecule has 0 aliphatic carbocycles. The second-order valence-corrected chi connectivity index (χ2v) is 9.35. The third-order valence-electron chi connectivity index (χ3n) is 4.40. The van der Waals surface area contributed by atoms with Crippen LogP contribution in [-0.2, 0) is 26.0 Å². The highest BCUT2D eigenvalue weighted by molar-refractivity contribution is 7.89. The van der Waals surface area contributed by atoms with E-state index in [0.29, 0.717) is 25.3 Å². The lowest BCUT2D eigenvalue weighted by molar-refractivity contribution is -0.122. The first kappa shape index (κ1) is 25.1. The average molecular weight is 469 g/mol. The number of benzene rings is 2. The molecule has 31 heavy (non-hydrogen) atoms. The Morgan fingerprint density at radius 1 is 1.13 bits per heavy atom. The normalized spacial score (nSPS) is 12.5. The Hall–Kier alpha value is -2.13. The molecule has 2 aromatic carbocycles. The van der Waals surface area contributed by atoms with Crippen molar-refractivity contribution in [3.8, 4) is 5.75 Å². The van der Waals surface area contributed by atoms with E-state index in [9.17, 15) is 13.2 Å². The van der Waals surface area contributed by atoms with Crippen molar-refractivity contribution in [1.82, 2.24) is 10.0 Å². The summed E-state index contributed by atoms with van der Waals surface area (Å²) in [4.78, 5) is 12.7. The number of amides is 1. The molecule has 0 aliphatic rings. The number of methoxy groups -OCH3 is 1. The first-order valence-corrected chi connectivity index (χ1v) is 11.9. The molecule has 1 atom stereocenters. The lowest BCUT2D eigenvalue weighted by Gasteiger charge is -2.19. The summed E-state index contributed by atoms with van der Waals surface area (Å²) in [5.74, 6) is -0.0422. The lowest BCUT2D eigenvalue weighted by Crippen LogP contribution is -2.48. The maximum atomic E-state index is 12.9. The highest BCUT2D eigenvalue weighted by Crippen LogP contribution is 2.27. The van der Waals surface area contributed by atoms with E-state index in [0.717, 1.165) is 5.56 Å². The van der Waals surface area contributed by atoms with Gasteiger partial charge in [0.05, 0.1) is 23.1 Å². The molecular weight excluding hydrogens is 440 g/mol. The maximum Gasteiger partial charge on any atom is 0.241 e. The van der Waals surface area contributed by atoms with Gasteiger partial charge in [-0.15, -0.1) is 0 Å². The van der Waals surface area contributed by atoms with E-state index in [-0.39, 0.29) is 22.4 Å². The van der Waals surface area contributed by atoms with Gasteiger partial charge in [0.15, 0.2) is 0 Å². The molecule has 0 spiro atoms. The molecule has 2 rings (SSSR count). The predicted molar refractivity (Wildman–Crippen MR) is 121 cm³/mol. The molecule has 0 bridgehead atoms. The third kappa shape index (κ3) is 8.14. The zero-order valence-electron chi connectivity index (χ0n) is 17.9. The van der Waals surface area contributed by atoms with Crippen LogP contribution in [0, 0.1) is 0 Å². The van der Waals surface area contributed by atoms with Gasteiger partial charge in [-0.1, -0.05) is 41.9 Å². The zero-order chi connectivity index (χ0) is 22.9. The van der Waals surface area contributed by atoms with Crippen molar-refractivity contribution in [2.24, 2.45) is 0 Å². The van der Waals surface area contributed by atoms with Crippen LogP contribution in [-0.4, -0.2) is 46.7 Å². The fraction of sp³-hybridized carbons (Fsp3) is 0.409. The van der Waals surface area contributed by atoms with Gasteiger partial charge in [0.2, 0.25) is 15.9 Å². The molecule has 1 amide bonds. The molecule has 0 saturated carbocycles. The third-order valence-corrected chi connectivity index (χ3v) is 6.17. The molecular formula is C22H29ClN2O5S. The number of ether oxygens (including phenoxy) is 2. The number of hydrogen-bond donors (Lipinski definition) is 2. The smallest absolute Gasteiger partial charge is 0.241 e.